The van der Waals surface area contributed by atoms with E-state index in [1.165, 1.54) is 0 Å². The molecule has 1 unspecified atom stereocenters. The molecule has 2 heterocycles. The highest BCUT2D eigenvalue weighted by atomic mass is 16.4. The SMILES string of the molecule is CN1CCC(N(C)C(=O)N2CCCCC2C(=O)O)CC1. The molecule has 2 aliphatic heterocycles. The summed E-state index contributed by atoms with van der Waals surface area (Å²) in [6.07, 6.45) is 4.28. The summed E-state index contributed by atoms with van der Waals surface area (Å²) in [5.74, 6) is -0.880. The number of carboxylic acids is 1. The molecule has 2 saturated heterocycles. The van der Waals surface area contributed by atoms with E-state index in [0.717, 1.165) is 38.8 Å². The van der Waals surface area contributed by atoms with E-state index in [1.807, 2.05) is 7.05 Å². The van der Waals surface area contributed by atoms with Crippen LogP contribution in [0.3, 0.4) is 0 Å². The van der Waals surface area contributed by atoms with Crippen molar-refractivity contribution in [2.75, 3.05) is 33.7 Å². The van der Waals surface area contributed by atoms with Gasteiger partial charge in [0.2, 0.25) is 0 Å². The van der Waals surface area contributed by atoms with Crippen molar-refractivity contribution in [3.63, 3.8) is 0 Å². The minimum absolute atomic E-state index is 0.119. The second-order valence-corrected chi connectivity index (χ2v) is 5.97. The Balaban J connectivity index is 1.99. The molecule has 0 aliphatic carbocycles. The topological polar surface area (TPSA) is 64.1 Å². The average molecular weight is 283 g/mol. The predicted molar refractivity (Wildman–Crippen MR) is 75.7 cm³/mol. The molecule has 2 rings (SSSR count). The second-order valence-electron chi connectivity index (χ2n) is 5.97. The first-order chi connectivity index (χ1) is 9.50. The van der Waals surface area contributed by atoms with Crippen LogP contribution in [-0.4, -0.2) is 77.6 Å². The van der Waals surface area contributed by atoms with E-state index < -0.39 is 12.0 Å². The minimum Gasteiger partial charge on any atom is -0.480 e. The van der Waals surface area contributed by atoms with Gasteiger partial charge in [0.15, 0.2) is 0 Å². The Labute approximate surface area is 120 Å². The first kappa shape index (κ1) is 15.1. The Morgan fingerprint density at radius 1 is 1.10 bits per heavy atom. The van der Waals surface area contributed by atoms with Crippen molar-refractivity contribution in [1.82, 2.24) is 14.7 Å². The molecule has 2 fully saturated rings. The maximum Gasteiger partial charge on any atom is 0.326 e. The quantitative estimate of drug-likeness (QED) is 0.823. The summed E-state index contributed by atoms with van der Waals surface area (Å²) >= 11 is 0. The maximum atomic E-state index is 12.6. The van der Waals surface area contributed by atoms with E-state index in [1.54, 1.807) is 9.80 Å². The summed E-state index contributed by atoms with van der Waals surface area (Å²) in [7, 11) is 3.90. The smallest absolute Gasteiger partial charge is 0.326 e. The summed E-state index contributed by atoms with van der Waals surface area (Å²) in [4.78, 5) is 29.4. The van der Waals surface area contributed by atoms with Crippen molar-refractivity contribution in [2.24, 2.45) is 0 Å². The molecule has 114 valence electrons. The van der Waals surface area contributed by atoms with Crippen molar-refractivity contribution in [2.45, 2.75) is 44.2 Å². The number of likely N-dealkylation sites (tertiary alicyclic amines) is 2. The summed E-state index contributed by atoms with van der Waals surface area (Å²) in [5, 5.41) is 9.27. The number of carbonyl (C=O) groups is 2. The fraction of sp³-hybridized carbons (Fsp3) is 0.857. The number of piperidine rings is 2. The normalized spacial score (nSPS) is 25.5. The van der Waals surface area contributed by atoms with Crippen LogP contribution in [0.5, 0.6) is 0 Å². The number of rotatable bonds is 2. The lowest BCUT2D eigenvalue weighted by molar-refractivity contribution is -0.143. The number of nitrogens with zero attached hydrogens (tertiary/aromatic N) is 3. The lowest BCUT2D eigenvalue weighted by Crippen LogP contribution is -2.55. The summed E-state index contributed by atoms with van der Waals surface area (Å²) < 4.78 is 0. The van der Waals surface area contributed by atoms with Crippen molar-refractivity contribution >= 4 is 12.0 Å². The molecule has 1 atom stereocenters. The minimum atomic E-state index is -0.880. The van der Waals surface area contributed by atoms with Crippen LogP contribution in [-0.2, 0) is 4.79 Å². The number of amides is 2. The zero-order chi connectivity index (χ0) is 14.7. The Morgan fingerprint density at radius 3 is 2.35 bits per heavy atom. The van der Waals surface area contributed by atoms with Gasteiger partial charge in [-0.2, -0.15) is 0 Å². The molecule has 20 heavy (non-hydrogen) atoms. The summed E-state index contributed by atoms with van der Waals surface area (Å²) in [5.41, 5.74) is 0. The largest absolute Gasteiger partial charge is 0.480 e. The molecule has 2 aliphatic rings. The molecular formula is C14H25N3O3. The number of carboxylic acid groups (broad SMARTS) is 1. The Hall–Kier alpha value is -1.30. The third-order valence-corrected chi connectivity index (χ3v) is 4.57. The molecule has 0 spiro atoms. The van der Waals surface area contributed by atoms with E-state index in [9.17, 15) is 14.7 Å². The Morgan fingerprint density at radius 2 is 1.75 bits per heavy atom. The molecule has 6 nitrogen and oxygen atoms in total. The molecule has 0 aromatic rings. The van der Waals surface area contributed by atoms with Gasteiger partial charge in [0, 0.05) is 19.6 Å². The monoisotopic (exact) mass is 283 g/mol. The van der Waals surface area contributed by atoms with E-state index in [-0.39, 0.29) is 12.1 Å². The third kappa shape index (κ3) is 3.23. The molecule has 0 bridgehead atoms. The van der Waals surface area contributed by atoms with Crippen LogP contribution in [0.15, 0.2) is 0 Å². The van der Waals surface area contributed by atoms with Gasteiger partial charge in [-0.3, -0.25) is 0 Å². The van der Waals surface area contributed by atoms with Gasteiger partial charge in [-0.05, 0) is 52.2 Å². The second kappa shape index (κ2) is 6.43. The van der Waals surface area contributed by atoms with Gasteiger partial charge in [0.05, 0.1) is 0 Å². The van der Waals surface area contributed by atoms with Crippen LogP contribution >= 0.6 is 0 Å². The lowest BCUT2D eigenvalue weighted by Gasteiger charge is -2.40. The average Bonchev–Trinajstić information content (AvgIpc) is 2.46. The Bertz CT molecular complexity index is 367. The van der Waals surface area contributed by atoms with Crippen molar-refractivity contribution in [1.29, 1.82) is 0 Å². The van der Waals surface area contributed by atoms with Crippen molar-refractivity contribution in [3.05, 3.63) is 0 Å². The molecule has 0 aromatic carbocycles. The van der Waals surface area contributed by atoms with Gasteiger partial charge in [-0.25, -0.2) is 9.59 Å². The van der Waals surface area contributed by atoms with Gasteiger partial charge in [0.25, 0.3) is 0 Å². The van der Waals surface area contributed by atoms with Crippen LogP contribution in [0.1, 0.15) is 32.1 Å². The van der Waals surface area contributed by atoms with Crippen molar-refractivity contribution < 1.29 is 14.7 Å². The zero-order valence-corrected chi connectivity index (χ0v) is 12.4. The number of aliphatic carboxylic acids is 1. The number of carbonyl (C=O) groups excluding carboxylic acids is 1. The highest BCUT2D eigenvalue weighted by Gasteiger charge is 2.35. The summed E-state index contributed by atoms with van der Waals surface area (Å²) in [6, 6.07) is -0.535. The molecule has 0 radical (unpaired) electrons. The fourth-order valence-electron chi connectivity index (χ4n) is 3.16. The standard InChI is InChI=1S/C14H25N3O3/c1-15-9-6-11(7-10-15)16(2)14(20)17-8-4-3-5-12(17)13(18)19/h11-12H,3-10H2,1-2H3,(H,18,19). The molecule has 0 aromatic heterocycles. The van der Waals surface area contributed by atoms with Crippen LogP contribution < -0.4 is 0 Å². The Kier molecular flexibility index (Phi) is 4.86. The van der Waals surface area contributed by atoms with Crippen LogP contribution in [0.25, 0.3) is 0 Å². The number of hydrogen-bond donors (Lipinski definition) is 1. The van der Waals surface area contributed by atoms with Crippen molar-refractivity contribution in [3.8, 4) is 0 Å². The van der Waals surface area contributed by atoms with Crippen LogP contribution in [0, 0.1) is 0 Å². The van der Waals surface area contributed by atoms with E-state index in [0.29, 0.717) is 13.0 Å². The predicted octanol–water partition coefficient (Wildman–Crippen LogP) is 1.07. The number of hydrogen-bond acceptors (Lipinski definition) is 3. The maximum absolute atomic E-state index is 12.6. The number of urea groups is 1. The summed E-state index contributed by atoms with van der Waals surface area (Å²) in [6.45, 7) is 2.54. The highest BCUT2D eigenvalue weighted by Crippen LogP contribution is 2.21. The first-order valence-corrected chi connectivity index (χ1v) is 7.45. The van der Waals surface area contributed by atoms with Crippen LogP contribution in [0.4, 0.5) is 4.79 Å². The highest BCUT2D eigenvalue weighted by molar-refractivity contribution is 5.83. The van der Waals surface area contributed by atoms with Gasteiger partial charge < -0.3 is 19.8 Å². The molecule has 6 heteroatoms. The van der Waals surface area contributed by atoms with Gasteiger partial charge in [0.1, 0.15) is 6.04 Å². The van der Waals surface area contributed by atoms with E-state index in [4.69, 9.17) is 0 Å². The molecule has 0 saturated carbocycles. The van der Waals surface area contributed by atoms with Crippen LogP contribution in [0.2, 0.25) is 0 Å². The molecular weight excluding hydrogens is 258 g/mol. The first-order valence-electron chi connectivity index (χ1n) is 7.45. The third-order valence-electron chi connectivity index (χ3n) is 4.57. The fourth-order valence-corrected chi connectivity index (χ4v) is 3.16. The van der Waals surface area contributed by atoms with E-state index in [2.05, 4.69) is 11.9 Å². The van der Waals surface area contributed by atoms with Gasteiger partial charge in [-0.1, -0.05) is 0 Å². The molecule has 2 amide bonds. The van der Waals surface area contributed by atoms with Gasteiger partial charge >= 0.3 is 12.0 Å². The zero-order valence-electron chi connectivity index (χ0n) is 12.4. The molecule has 1 N–H and O–H groups in total. The lowest BCUT2D eigenvalue weighted by atomic mass is 10.0. The van der Waals surface area contributed by atoms with E-state index >= 15 is 0 Å². The van der Waals surface area contributed by atoms with Gasteiger partial charge in [-0.15, -0.1) is 0 Å².